The molecule has 188 valence electrons. The second-order valence-electron chi connectivity index (χ2n) is 7.93. The fourth-order valence-corrected chi connectivity index (χ4v) is 4.23. The van der Waals surface area contributed by atoms with Crippen molar-refractivity contribution in [3.63, 3.8) is 0 Å². The molecule has 2 heterocycles. The first-order valence-electron chi connectivity index (χ1n) is 11.0. The van der Waals surface area contributed by atoms with Crippen molar-refractivity contribution in [2.24, 2.45) is 0 Å². The van der Waals surface area contributed by atoms with Gasteiger partial charge in [0, 0.05) is 18.7 Å². The molecule has 36 heavy (non-hydrogen) atoms. The molecule has 1 aliphatic heterocycles. The SMILES string of the molecule is COc1ccc2c(c1)N(C)C(=O)CN[C@]2(c1ccccc1)[C@H](Oc1nc(OC)cc(OC)n1)C(=O)O. The number of benzene rings is 2. The second-order valence-corrected chi connectivity index (χ2v) is 7.93. The highest BCUT2D eigenvalue weighted by molar-refractivity contribution is 5.97. The van der Waals surface area contributed by atoms with Crippen molar-refractivity contribution in [1.29, 1.82) is 0 Å². The van der Waals surface area contributed by atoms with Gasteiger partial charge in [0.05, 0.1) is 39.6 Å². The molecule has 11 nitrogen and oxygen atoms in total. The van der Waals surface area contributed by atoms with Gasteiger partial charge in [-0.3, -0.25) is 10.1 Å². The molecular formula is C25H26N4O7. The summed E-state index contributed by atoms with van der Waals surface area (Å²) in [5, 5.41) is 13.7. The number of aliphatic carboxylic acids is 1. The summed E-state index contributed by atoms with van der Waals surface area (Å²) < 4.78 is 21.7. The first-order chi connectivity index (χ1) is 17.3. The number of nitrogens with zero attached hydrogens (tertiary/aromatic N) is 3. The summed E-state index contributed by atoms with van der Waals surface area (Å²) in [4.78, 5) is 35.6. The number of carbonyl (C=O) groups excluding carboxylic acids is 1. The lowest BCUT2D eigenvalue weighted by atomic mass is 9.77. The lowest BCUT2D eigenvalue weighted by Crippen LogP contribution is -2.58. The van der Waals surface area contributed by atoms with Gasteiger partial charge in [-0.15, -0.1) is 0 Å². The Morgan fingerprint density at radius 2 is 1.69 bits per heavy atom. The third-order valence-electron chi connectivity index (χ3n) is 6.03. The molecule has 0 bridgehead atoms. The number of amides is 1. The maximum Gasteiger partial charge on any atom is 0.347 e. The van der Waals surface area contributed by atoms with Crippen LogP contribution in [0.5, 0.6) is 23.5 Å². The van der Waals surface area contributed by atoms with Gasteiger partial charge in [-0.2, -0.15) is 9.97 Å². The molecule has 0 unspecified atom stereocenters. The van der Waals surface area contributed by atoms with Gasteiger partial charge in [0.25, 0.3) is 0 Å². The van der Waals surface area contributed by atoms with E-state index in [-0.39, 0.29) is 30.2 Å². The van der Waals surface area contributed by atoms with Crippen LogP contribution in [-0.4, -0.2) is 68.0 Å². The van der Waals surface area contributed by atoms with E-state index in [4.69, 9.17) is 18.9 Å². The largest absolute Gasteiger partial charge is 0.497 e. The van der Waals surface area contributed by atoms with Crippen LogP contribution in [0.4, 0.5) is 5.69 Å². The highest BCUT2D eigenvalue weighted by Gasteiger charge is 2.52. The maximum atomic E-state index is 13.0. The standard InChI is InChI=1S/C25H26N4O7/c1-29-18-12-16(33-2)10-11-17(18)25(26-14-21(29)30,15-8-6-5-7-9-15)22(23(31)32)36-24-27-19(34-3)13-20(28-24)35-4/h5-13,22,26H,14H2,1-4H3,(H,31,32)/t22-,25+/m1/s1. The van der Waals surface area contributed by atoms with Crippen LogP contribution in [0.25, 0.3) is 0 Å². The van der Waals surface area contributed by atoms with Crippen LogP contribution in [0, 0.1) is 0 Å². The van der Waals surface area contributed by atoms with Crippen molar-refractivity contribution in [3.8, 4) is 23.5 Å². The highest BCUT2D eigenvalue weighted by atomic mass is 16.5. The van der Waals surface area contributed by atoms with Gasteiger partial charge in [-0.05, 0) is 11.6 Å². The molecule has 0 radical (unpaired) electrons. The Morgan fingerprint density at radius 1 is 1.03 bits per heavy atom. The van der Waals surface area contributed by atoms with Crippen LogP contribution in [-0.2, 0) is 15.1 Å². The Kier molecular flexibility index (Phi) is 6.93. The molecule has 2 atom stereocenters. The van der Waals surface area contributed by atoms with Crippen molar-refractivity contribution in [1.82, 2.24) is 15.3 Å². The Balaban J connectivity index is 1.99. The highest BCUT2D eigenvalue weighted by Crippen LogP contribution is 2.43. The molecular weight excluding hydrogens is 468 g/mol. The first-order valence-corrected chi connectivity index (χ1v) is 11.0. The van der Waals surface area contributed by atoms with E-state index in [0.717, 1.165) is 0 Å². The van der Waals surface area contributed by atoms with Crippen LogP contribution in [0.2, 0.25) is 0 Å². The predicted octanol–water partition coefficient (Wildman–Crippen LogP) is 1.84. The number of hydrogen-bond donors (Lipinski definition) is 2. The van der Waals surface area contributed by atoms with Crippen LogP contribution in [0.15, 0.2) is 54.6 Å². The van der Waals surface area contributed by atoms with E-state index < -0.39 is 17.6 Å². The topological polar surface area (TPSA) is 132 Å². The maximum absolute atomic E-state index is 13.0. The number of aromatic nitrogens is 2. The summed E-state index contributed by atoms with van der Waals surface area (Å²) in [6.45, 7) is -0.169. The Morgan fingerprint density at radius 3 is 2.28 bits per heavy atom. The lowest BCUT2D eigenvalue weighted by Gasteiger charge is -2.39. The third kappa shape index (κ3) is 4.36. The summed E-state index contributed by atoms with van der Waals surface area (Å²) >= 11 is 0. The van der Waals surface area contributed by atoms with Crippen molar-refractivity contribution in [2.45, 2.75) is 11.6 Å². The summed E-state index contributed by atoms with van der Waals surface area (Å²) in [5.74, 6) is -0.820. The second kappa shape index (κ2) is 10.1. The number of methoxy groups -OCH3 is 3. The number of ether oxygens (including phenoxy) is 4. The van der Waals surface area contributed by atoms with E-state index in [1.807, 2.05) is 6.07 Å². The fourth-order valence-electron chi connectivity index (χ4n) is 4.23. The number of fused-ring (bicyclic) bond motifs is 1. The van der Waals surface area contributed by atoms with Crippen molar-refractivity contribution >= 4 is 17.6 Å². The minimum atomic E-state index is -1.62. The number of nitrogens with one attached hydrogen (secondary N) is 1. The van der Waals surface area contributed by atoms with Gasteiger partial charge in [-0.25, -0.2) is 4.79 Å². The van der Waals surface area contributed by atoms with Crippen LogP contribution in [0.1, 0.15) is 11.1 Å². The number of rotatable bonds is 8. The molecule has 1 amide bonds. The molecule has 2 aromatic carbocycles. The first kappa shape index (κ1) is 24.7. The molecule has 1 aliphatic rings. The predicted molar refractivity (Wildman–Crippen MR) is 129 cm³/mol. The summed E-state index contributed by atoms with van der Waals surface area (Å²) in [5.41, 5.74) is -0.0199. The number of likely N-dealkylation sites (N-methyl/N-ethyl adjacent to an activating group) is 1. The van der Waals surface area contributed by atoms with E-state index >= 15 is 0 Å². The molecule has 4 rings (SSSR count). The summed E-state index contributed by atoms with van der Waals surface area (Å²) in [6.07, 6.45) is -1.62. The van der Waals surface area contributed by atoms with E-state index in [2.05, 4.69) is 15.3 Å². The zero-order valence-corrected chi connectivity index (χ0v) is 20.2. The van der Waals surface area contributed by atoms with Gasteiger partial charge in [0.2, 0.25) is 23.8 Å². The Labute approximate surface area is 207 Å². The van der Waals surface area contributed by atoms with Gasteiger partial charge in [0.15, 0.2) is 0 Å². The zero-order valence-electron chi connectivity index (χ0n) is 20.2. The zero-order chi connectivity index (χ0) is 25.9. The number of carboxylic acids is 1. The quantitative estimate of drug-likeness (QED) is 0.478. The van der Waals surface area contributed by atoms with E-state index in [9.17, 15) is 14.7 Å². The number of carbonyl (C=O) groups is 2. The van der Waals surface area contributed by atoms with E-state index in [0.29, 0.717) is 22.6 Å². The fraction of sp³-hybridized carbons (Fsp3) is 0.280. The molecule has 0 aliphatic carbocycles. The molecule has 2 N–H and O–H groups in total. The van der Waals surface area contributed by atoms with Crippen molar-refractivity contribution in [2.75, 3.05) is 39.8 Å². The van der Waals surface area contributed by atoms with Gasteiger partial charge >= 0.3 is 12.0 Å². The minimum Gasteiger partial charge on any atom is -0.497 e. The molecule has 0 spiro atoms. The van der Waals surface area contributed by atoms with Gasteiger partial charge in [0.1, 0.15) is 11.3 Å². The van der Waals surface area contributed by atoms with Crippen molar-refractivity contribution < 1.29 is 33.6 Å². The van der Waals surface area contributed by atoms with E-state index in [1.165, 1.54) is 32.3 Å². The van der Waals surface area contributed by atoms with E-state index in [1.54, 1.807) is 49.5 Å². The molecule has 0 saturated carbocycles. The van der Waals surface area contributed by atoms with Gasteiger partial charge in [-0.1, -0.05) is 36.4 Å². The number of carboxylic acid groups (broad SMARTS) is 1. The molecule has 0 fully saturated rings. The molecule has 11 heteroatoms. The normalized spacial score (nSPS) is 18.0. The Hall–Kier alpha value is -4.38. The monoisotopic (exact) mass is 494 g/mol. The Bertz CT molecular complexity index is 1250. The lowest BCUT2D eigenvalue weighted by molar-refractivity contribution is -0.149. The average molecular weight is 495 g/mol. The smallest absolute Gasteiger partial charge is 0.347 e. The minimum absolute atomic E-state index is 0.128. The summed E-state index contributed by atoms with van der Waals surface area (Å²) in [7, 11) is 5.95. The van der Waals surface area contributed by atoms with Gasteiger partial charge < -0.3 is 29.0 Å². The summed E-state index contributed by atoms with van der Waals surface area (Å²) in [6, 6.07) is 15.2. The molecule has 0 saturated heterocycles. The van der Waals surface area contributed by atoms with Crippen LogP contribution >= 0.6 is 0 Å². The molecule has 1 aromatic heterocycles. The van der Waals surface area contributed by atoms with Crippen LogP contribution in [0.3, 0.4) is 0 Å². The molecule has 3 aromatic rings. The number of hydrogen-bond acceptors (Lipinski definition) is 9. The third-order valence-corrected chi connectivity index (χ3v) is 6.03. The average Bonchev–Trinajstić information content (AvgIpc) is 3.02. The number of anilines is 1. The van der Waals surface area contributed by atoms with Crippen molar-refractivity contribution in [3.05, 3.63) is 65.7 Å². The van der Waals surface area contributed by atoms with Crippen LogP contribution < -0.4 is 29.2 Å².